The Kier molecular flexibility index (Phi) is 5.78. The monoisotopic (exact) mass is 419 g/mol. The third-order valence-corrected chi connectivity index (χ3v) is 6.74. The molecule has 1 saturated heterocycles. The number of hydrogen-bond acceptors (Lipinski definition) is 6. The van der Waals surface area contributed by atoms with Crippen molar-refractivity contribution in [3.63, 3.8) is 0 Å². The summed E-state index contributed by atoms with van der Waals surface area (Å²) in [6, 6.07) is 8.73. The number of aromatic nitrogens is 4. The molecule has 7 nitrogen and oxygen atoms in total. The SMILES string of the molecule is Cn1cc(-c2ccc3nnc(CC(=O)C4CCC(N5CCOCC5)CC4)cc3c2)cn1. The number of hydrogen-bond donors (Lipinski definition) is 0. The lowest BCUT2D eigenvalue weighted by Gasteiger charge is -2.38. The maximum atomic E-state index is 13.0. The highest BCUT2D eigenvalue weighted by atomic mass is 16.5. The van der Waals surface area contributed by atoms with Gasteiger partial charge in [0.15, 0.2) is 0 Å². The first-order chi connectivity index (χ1) is 15.2. The Morgan fingerprint density at radius 3 is 2.61 bits per heavy atom. The summed E-state index contributed by atoms with van der Waals surface area (Å²) in [5.74, 6) is 0.453. The minimum atomic E-state index is 0.150. The van der Waals surface area contributed by atoms with Gasteiger partial charge >= 0.3 is 0 Å². The summed E-state index contributed by atoms with van der Waals surface area (Å²) in [7, 11) is 1.91. The summed E-state index contributed by atoms with van der Waals surface area (Å²) in [6.45, 7) is 3.72. The Labute approximate surface area is 182 Å². The number of carbonyl (C=O) groups excluding carboxylic acids is 1. The van der Waals surface area contributed by atoms with Crippen molar-refractivity contribution in [1.29, 1.82) is 0 Å². The van der Waals surface area contributed by atoms with E-state index >= 15 is 0 Å². The second kappa shape index (κ2) is 8.85. The predicted molar refractivity (Wildman–Crippen MR) is 119 cm³/mol. The van der Waals surface area contributed by atoms with E-state index in [9.17, 15) is 4.79 Å². The van der Waals surface area contributed by atoms with Gasteiger partial charge in [-0.25, -0.2) is 0 Å². The summed E-state index contributed by atoms with van der Waals surface area (Å²) < 4.78 is 7.26. The number of benzene rings is 1. The van der Waals surface area contributed by atoms with Gasteiger partial charge in [-0.3, -0.25) is 14.4 Å². The van der Waals surface area contributed by atoms with Gasteiger partial charge in [0.1, 0.15) is 5.78 Å². The van der Waals surface area contributed by atoms with Crippen LogP contribution in [0.4, 0.5) is 0 Å². The van der Waals surface area contributed by atoms with Crippen molar-refractivity contribution in [2.45, 2.75) is 38.1 Å². The van der Waals surface area contributed by atoms with Crippen LogP contribution in [-0.4, -0.2) is 63.0 Å². The first-order valence-corrected chi connectivity index (χ1v) is 11.3. The summed E-state index contributed by atoms with van der Waals surface area (Å²) in [6.07, 6.45) is 8.39. The Morgan fingerprint density at radius 1 is 1.06 bits per heavy atom. The van der Waals surface area contributed by atoms with Crippen LogP contribution < -0.4 is 0 Å². The molecule has 0 atom stereocenters. The second-order valence-electron chi connectivity index (χ2n) is 8.81. The number of aryl methyl sites for hydroxylation is 1. The van der Waals surface area contributed by atoms with Crippen molar-refractivity contribution in [1.82, 2.24) is 24.9 Å². The van der Waals surface area contributed by atoms with Gasteiger partial charge in [0.05, 0.1) is 37.0 Å². The molecule has 31 heavy (non-hydrogen) atoms. The molecule has 1 saturated carbocycles. The Balaban J connectivity index is 1.24. The van der Waals surface area contributed by atoms with Crippen LogP contribution in [0, 0.1) is 5.92 Å². The van der Waals surface area contributed by atoms with Crippen LogP contribution in [0.2, 0.25) is 0 Å². The van der Waals surface area contributed by atoms with Crippen molar-refractivity contribution < 1.29 is 9.53 Å². The van der Waals surface area contributed by atoms with E-state index in [1.165, 1.54) is 0 Å². The van der Waals surface area contributed by atoms with Crippen LogP contribution in [-0.2, 0) is 23.0 Å². The van der Waals surface area contributed by atoms with E-state index in [1.807, 2.05) is 37.6 Å². The lowest BCUT2D eigenvalue weighted by atomic mass is 9.81. The van der Waals surface area contributed by atoms with E-state index in [2.05, 4.69) is 26.3 Å². The molecule has 5 rings (SSSR count). The van der Waals surface area contributed by atoms with E-state index in [0.717, 1.165) is 79.7 Å². The van der Waals surface area contributed by atoms with E-state index in [0.29, 0.717) is 18.2 Å². The first kappa shape index (κ1) is 20.3. The van der Waals surface area contributed by atoms with Crippen LogP contribution in [0.25, 0.3) is 22.0 Å². The molecule has 0 spiro atoms. The van der Waals surface area contributed by atoms with Gasteiger partial charge in [0.25, 0.3) is 0 Å². The zero-order valence-corrected chi connectivity index (χ0v) is 18.0. The molecular formula is C24H29N5O2. The van der Waals surface area contributed by atoms with Gasteiger partial charge in [0, 0.05) is 49.2 Å². The van der Waals surface area contributed by atoms with Gasteiger partial charge in [-0.15, -0.1) is 0 Å². The topological polar surface area (TPSA) is 73.1 Å². The zero-order valence-electron chi connectivity index (χ0n) is 18.0. The lowest BCUT2D eigenvalue weighted by Crippen LogP contribution is -2.45. The van der Waals surface area contributed by atoms with Gasteiger partial charge in [-0.1, -0.05) is 6.07 Å². The van der Waals surface area contributed by atoms with Gasteiger partial charge in [0.2, 0.25) is 0 Å². The lowest BCUT2D eigenvalue weighted by molar-refractivity contribution is -0.123. The molecule has 2 fully saturated rings. The van der Waals surface area contributed by atoms with Gasteiger partial charge in [-0.05, 0) is 49.4 Å². The van der Waals surface area contributed by atoms with E-state index in [4.69, 9.17) is 4.74 Å². The van der Waals surface area contributed by atoms with Crippen LogP contribution in [0.15, 0.2) is 36.7 Å². The maximum absolute atomic E-state index is 13.0. The summed E-state index contributed by atoms with van der Waals surface area (Å²) in [4.78, 5) is 15.5. The number of rotatable bonds is 5. The fraction of sp³-hybridized carbons (Fsp3) is 0.500. The zero-order chi connectivity index (χ0) is 21.2. The normalized spacial score (nSPS) is 22.6. The fourth-order valence-corrected chi connectivity index (χ4v) is 4.95. The molecule has 0 N–H and O–H groups in total. The third-order valence-electron chi connectivity index (χ3n) is 6.74. The molecule has 162 valence electrons. The van der Waals surface area contributed by atoms with Crippen LogP contribution in [0.1, 0.15) is 31.4 Å². The number of nitrogens with zero attached hydrogens (tertiary/aromatic N) is 5. The molecule has 2 aromatic heterocycles. The van der Waals surface area contributed by atoms with Crippen LogP contribution in [0.3, 0.4) is 0 Å². The molecule has 0 unspecified atom stereocenters. The number of morpholine rings is 1. The molecular weight excluding hydrogens is 390 g/mol. The molecule has 1 aliphatic heterocycles. The van der Waals surface area contributed by atoms with Crippen molar-refractivity contribution in [3.8, 4) is 11.1 Å². The van der Waals surface area contributed by atoms with Crippen molar-refractivity contribution >= 4 is 16.7 Å². The predicted octanol–water partition coefficient (Wildman–Crippen LogP) is 3.03. The van der Waals surface area contributed by atoms with Crippen LogP contribution >= 0.6 is 0 Å². The number of ketones is 1. The molecule has 1 aromatic carbocycles. The van der Waals surface area contributed by atoms with Crippen molar-refractivity contribution in [3.05, 3.63) is 42.4 Å². The largest absolute Gasteiger partial charge is 0.379 e. The Bertz CT molecular complexity index is 1060. The van der Waals surface area contributed by atoms with E-state index in [-0.39, 0.29) is 5.92 Å². The highest BCUT2D eigenvalue weighted by molar-refractivity contribution is 5.86. The summed E-state index contributed by atoms with van der Waals surface area (Å²) in [5.41, 5.74) is 3.76. The van der Waals surface area contributed by atoms with E-state index in [1.54, 1.807) is 4.68 Å². The first-order valence-electron chi connectivity index (χ1n) is 11.3. The number of carbonyl (C=O) groups is 1. The minimum Gasteiger partial charge on any atom is -0.379 e. The standard InChI is InChI=1S/C24H29N5O2/c1-28-16-20(15-25-28)18-4-7-23-19(12-18)13-21(26-27-23)14-24(30)17-2-5-22(6-3-17)29-8-10-31-11-9-29/h4,7,12-13,15-17,22H,2-3,5-6,8-11,14H2,1H3. The van der Waals surface area contributed by atoms with E-state index < -0.39 is 0 Å². The van der Waals surface area contributed by atoms with Crippen molar-refractivity contribution in [2.24, 2.45) is 13.0 Å². The number of ether oxygens (including phenoxy) is 1. The third kappa shape index (κ3) is 4.52. The van der Waals surface area contributed by atoms with Gasteiger partial charge < -0.3 is 4.74 Å². The molecule has 2 aliphatic rings. The summed E-state index contributed by atoms with van der Waals surface area (Å²) >= 11 is 0. The highest BCUT2D eigenvalue weighted by Crippen LogP contribution is 2.30. The maximum Gasteiger partial charge on any atom is 0.141 e. The molecule has 0 amide bonds. The average Bonchev–Trinajstić information content (AvgIpc) is 3.25. The fourth-order valence-electron chi connectivity index (χ4n) is 4.95. The smallest absolute Gasteiger partial charge is 0.141 e. The molecule has 0 bridgehead atoms. The van der Waals surface area contributed by atoms with Crippen LogP contribution in [0.5, 0.6) is 0 Å². The average molecular weight is 420 g/mol. The molecule has 1 aliphatic carbocycles. The Morgan fingerprint density at radius 2 is 1.87 bits per heavy atom. The molecule has 3 aromatic rings. The Hall–Kier alpha value is -2.64. The molecule has 3 heterocycles. The van der Waals surface area contributed by atoms with Crippen molar-refractivity contribution in [2.75, 3.05) is 26.3 Å². The number of fused-ring (bicyclic) bond motifs is 1. The minimum absolute atomic E-state index is 0.150. The highest BCUT2D eigenvalue weighted by Gasteiger charge is 2.30. The second-order valence-corrected chi connectivity index (χ2v) is 8.81. The summed E-state index contributed by atoms with van der Waals surface area (Å²) in [5, 5.41) is 13.9. The quantitative estimate of drug-likeness (QED) is 0.633. The van der Waals surface area contributed by atoms with Gasteiger partial charge in [-0.2, -0.15) is 15.3 Å². The molecule has 0 radical (unpaired) electrons. The molecule has 7 heteroatoms. The number of Topliss-reactive ketones (excluding diaryl/α,β-unsaturated/α-hetero) is 1.